The molecule has 0 radical (unpaired) electrons. The number of amides is 2. The van der Waals surface area contributed by atoms with Crippen molar-refractivity contribution in [1.29, 1.82) is 0 Å². The summed E-state index contributed by atoms with van der Waals surface area (Å²) in [7, 11) is -1.02. The number of halogens is 2. The molecule has 3 rings (SSSR count). The van der Waals surface area contributed by atoms with Crippen LogP contribution in [0.25, 0.3) is 0 Å². The molecule has 1 fully saturated rings. The second-order valence-electron chi connectivity index (χ2n) is 9.55. The van der Waals surface area contributed by atoms with E-state index in [1.54, 1.807) is 31.2 Å². The highest BCUT2D eigenvalue weighted by Crippen LogP contribution is 2.33. The fourth-order valence-corrected chi connectivity index (χ4v) is 5.96. The largest absolute Gasteiger partial charge is 0.493 e. The lowest BCUT2D eigenvalue weighted by atomic mass is 9.95. The first kappa shape index (κ1) is 30.8. The first-order valence-corrected chi connectivity index (χ1v) is 15.3. The maximum Gasteiger partial charge on any atom is 0.244 e. The summed E-state index contributed by atoms with van der Waals surface area (Å²) in [5.74, 6) is -0.215. The number of rotatable bonds is 11. The van der Waals surface area contributed by atoms with Gasteiger partial charge in [0.1, 0.15) is 12.6 Å². The number of nitrogens with one attached hydrogen (secondary N) is 1. The van der Waals surface area contributed by atoms with E-state index in [9.17, 15) is 18.0 Å². The van der Waals surface area contributed by atoms with Crippen molar-refractivity contribution < 1.29 is 27.5 Å². The standard InChI is InChI=1S/C27H35Cl2N3O6S/c1-18(27(34)30-19-9-6-5-7-10-19)31(16-21-22(28)11-8-12-23(21)29)26(33)17-32(39(4,35)36)20-13-14-24(37-2)25(15-20)38-3/h8,11-15,18-19H,5-7,9-10,16-17H2,1-4H3,(H,30,34)/t18-/m0/s1. The van der Waals surface area contributed by atoms with Crippen LogP contribution in [-0.2, 0) is 26.2 Å². The van der Waals surface area contributed by atoms with Crippen LogP contribution >= 0.6 is 23.2 Å². The molecule has 1 atom stereocenters. The fraction of sp³-hybridized carbons (Fsp3) is 0.481. The number of carbonyl (C=O) groups is 2. The van der Waals surface area contributed by atoms with Gasteiger partial charge in [-0.2, -0.15) is 0 Å². The lowest BCUT2D eigenvalue weighted by Crippen LogP contribution is -2.53. The number of nitrogens with zero attached hydrogens (tertiary/aromatic N) is 2. The fourth-order valence-electron chi connectivity index (χ4n) is 4.60. The van der Waals surface area contributed by atoms with Crippen LogP contribution in [0.1, 0.15) is 44.6 Å². The van der Waals surface area contributed by atoms with Crippen LogP contribution in [0, 0.1) is 0 Å². The minimum absolute atomic E-state index is 0.0360. The predicted octanol–water partition coefficient (Wildman–Crippen LogP) is 4.64. The van der Waals surface area contributed by atoms with Gasteiger partial charge in [-0.3, -0.25) is 13.9 Å². The van der Waals surface area contributed by atoms with Gasteiger partial charge in [-0.25, -0.2) is 8.42 Å². The second-order valence-corrected chi connectivity index (χ2v) is 12.3. The second kappa shape index (κ2) is 13.6. The Kier molecular flexibility index (Phi) is 10.7. The van der Waals surface area contributed by atoms with E-state index in [-0.39, 0.29) is 24.2 Å². The molecule has 1 N–H and O–H groups in total. The van der Waals surface area contributed by atoms with Crippen molar-refractivity contribution in [3.05, 3.63) is 52.0 Å². The Bertz CT molecular complexity index is 1260. The van der Waals surface area contributed by atoms with Gasteiger partial charge in [0.25, 0.3) is 0 Å². The predicted molar refractivity (Wildman–Crippen MR) is 153 cm³/mol. The highest BCUT2D eigenvalue weighted by atomic mass is 35.5. The van der Waals surface area contributed by atoms with Crippen molar-refractivity contribution in [2.75, 3.05) is 31.3 Å². The summed E-state index contributed by atoms with van der Waals surface area (Å²) in [4.78, 5) is 28.4. The Morgan fingerprint density at radius 3 is 2.21 bits per heavy atom. The quantitative estimate of drug-likeness (QED) is 0.403. The number of ether oxygens (including phenoxy) is 2. The summed E-state index contributed by atoms with van der Waals surface area (Å²) < 4.78 is 37.2. The highest BCUT2D eigenvalue weighted by Gasteiger charge is 2.32. The minimum Gasteiger partial charge on any atom is -0.493 e. The normalized spacial score (nSPS) is 14.8. The van der Waals surface area contributed by atoms with Crippen molar-refractivity contribution in [1.82, 2.24) is 10.2 Å². The number of hydrogen-bond donors (Lipinski definition) is 1. The Morgan fingerprint density at radius 2 is 1.64 bits per heavy atom. The molecule has 0 aromatic heterocycles. The van der Waals surface area contributed by atoms with Gasteiger partial charge in [0.05, 0.1) is 26.2 Å². The van der Waals surface area contributed by atoms with E-state index in [0.717, 1.165) is 42.7 Å². The first-order valence-electron chi connectivity index (χ1n) is 12.7. The van der Waals surface area contributed by atoms with Crippen molar-refractivity contribution in [2.24, 2.45) is 0 Å². The average Bonchev–Trinajstić information content (AvgIpc) is 2.90. The van der Waals surface area contributed by atoms with E-state index < -0.39 is 28.5 Å². The van der Waals surface area contributed by atoms with Crippen LogP contribution < -0.4 is 19.1 Å². The molecule has 0 saturated heterocycles. The molecule has 1 aliphatic carbocycles. The number of methoxy groups -OCH3 is 2. The molecule has 12 heteroatoms. The number of sulfonamides is 1. The number of hydrogen-bond acceptors (Lipinski definition) is 6. The topological polar surface area (TPSA) is 105 Å². The Labute approximate surface area is 240 Å². The molecule has 0 unspecified atom stereocenters. The third-order valence-corrected chi connectivity index (χ3v) is 8.69. The molecular formula is C27H35Cl2N3O6S. The number of anilines is 1. The molecule has 0 bridgehead atoms. The van der Waals surface area contributed by atoms with E-state index >= 15 is 0 Å². The molecule has 1 saturated carbocycles. The summed E-state index contributed by atoms with van der Waals surface area (Å²) >= 11 is 12.8. The van der Waals surface area contributed by atoms with E-state index in [1.165, 1.54) is 31.3 Å². The molecule has 0 aliphatic heterocycles. The molecule has 2 amide bonds. The monoisotopic (exact) mass is 599 g/mol. The summed E-state index contributed by atoms with van der Waals surface area (Å²) in [5, 5.41) is 3.72. The van der Waals surface area contributed by atoms with Gasteiger partial charge < -0.3 is 19.7 Å². The van der Waals surface area contributed by atoms with Gasteiger partial charge in [-0.05, 0) is 44.0 Å². The maximum absolute atomic E-state index is 13.8. The van der Waals surface area contributed by atoms with E-state index in [4.69, 9.17) is 32.7 Å². The van der Waals surface area contributed by atoms with E-state index in [2.05, 4.69) is 5.32 Å². The van der Waals surface area contributed by atoms with Gasteiger partial charge in [0, 0.05) is 34.3 Å². The number of carbonyl (C=O) groups excluding carboxylic acids is 2. The van der Waals surface area contributed by atoms with Crippen LogP contribution in [0.2, 0.25) is 10.0 Å². The Balaban J connectivity index is 1.95. The van der Waals surface area contributed by atoms with Crippen LogP contribution in [0.3, 0.4) is 0 Å². The molecule has 9 nitrogen and oxygen atoms in total. The van der Waals surface area contributed by atoms with Gasteiger partial charge >= 0.3 is 0 Å². The lowest BCUT2D eigenvalue weighted by molar-refractivity contribution is -0.139. The van der Waals surface area contributed by atoms with E-state index in [0.29, 0.717) is 27.1 Å². The zero-order valence-corrected chi connectivity index (χ0v) is 24.9. The molecule has 1 aliphatic rings. The van der Waals surface area contributed by atoms with Gasteiger partial charge in [-0.1, -0.05) is 48.5 Å². The SMILES string of the molecule is COc1ccc(N(CC(=O)N(Cc2c(Cl)cccc2Cl)[C@@H](C)C(=O)NC2CCCCC2)S(C)(=O)=O)cc1OC. The van der Waals surface area contributed by atoms with Crippen LogP contribution in [0.15, 0.2) is 36.4 Å². The van der Waals surface area contributed by atoms with Crippen molar-refractivity contribution in [3.8, 4) is 11.5 Å². The number of benzene rings is 2. The van der Waals surface area contributed by atoms with E-state index in [1.807, 2.05) is 0 Å². The third kappa shape index (κ3) is 7.93. The smallest absolute Gasteiger partial charge is 0.244 e. The molecular weight excluding hydrogens is 565 g/mol. The van der Waals surface area contributed by atoms with Gasteiger partial charge in [0.2, 0.25) is 21.8 Å². The van der Waals surface area contributed by atoms with Crippen molar-refractivity contribution in [3.63, 3.8) is 0 Å². The molecule has 214 valence electrons. The summed E-state index contributed by atoms with van der Waals surface area (Å²) in [6.07, 6.45) is 5.96. The first-order chi connectivity index (χ1) is 18.5. The maximum atomic E-state index is 13.8. The van der Waals surface area contributed by atoms with Crippen molar-refractivity contribution >= 4 is 50.7 Å². The molecule has 0 spiro atoms. The molecule has 39 heavy (non-hydrogen) atoms. The molecule has 2 aromatic rings. The average molecular weight is 601 g/mol. The summed E-state index contributed by atoms with van der Waals surface area (Å²) in [6.45, 7) is 0.972. The zero-order chi connectivity index (χ0) is 28.7. The highest BCUT2D eigenvalue weighted by molar-refractivity contribution is 7.92. The Morgan fingerprint density at radius 1 is 1.03 bits per heavy atom. The van der Waals surface area contributed by atoms with Gasteiger partial charge in [0.15, 0.2) is 11.5 Å². The zero-order valence-electron chi connectivity index (χ0n) is 22.6. The molecule has 2 aromatic carbocycles. The summed E-state index contributed by atoms with van der Waals surface area (Å²) in [5.41, 5.74) is 0.669. The molecule has 0 heterocycles. The van der Waals surface area contributed by atoms with Crippen LogP contribution in [0.4, 0.5) is 5.69 Å². The lowest BCUT2D eigenvalue weighted by Gasteiger charge is -2.33. The van der Waals surface area contributed by atoms with Crippen LogP contribution in [0.5, 0.6) is 11.5 Å². The van der Waals surface area contributed by atoms with Crippen LogP contribution in [-0.4, -0.2) is 64.2 Å². The summed E-state index contributed by atoms with van der Waals surface area (Å²) in [6, 6.07) is 8.63. The third-order valence-electron chi connectivity index (χ3n) is 6.84. The minimum atomic E-state index is -3.91. The van der Waals surface area contributed by atoms with Crippen molar-refractivity contribution in [2.45, 2.75) is 57.7 Å². The van der Waals surface area contributed by atoms with Gasteiger partial charge in [-0.15, -0.1) is 0 Å². The Hall–Kier alpha value is -2.69.